The van der Waals surface area contributed by atoms with E-state index in [2.05, 4.69) is 25.3 Å². The SMILES string of the molecule is CCCOC(=O)N(C(C)S)C(C)S. The molecule has 0 aliphatic heterocycles. The average molecular weight is 223 g/mol. The van der Waals surface area contributed by atoms with Gasteiger partial charge in [0.2, 0.25) is 0 Å². The van der Waals surface area contributed by atoms with Gasteiger partial charge in [0.05, 0.1) is 17.4 Å². The molecule has 5 heteroatoms. The average Bonchev–Trinajstić information content (AvgIpc) is 1.99. The van der Waals surface area contributed by atoms with Crippen LogP contribution in [0, 0.1) is 0 Å². The van der Waals surface area contributed by atoms with Crippen LogP contribution >= 0.6 is 25.3 Å². The van der Waals surface area contributed by atoms with Gasteiger partial charge < -0.3 is 4.74 Å². The van der Waals surface area contributed by atoms with Crippen LogP contribution in [-0.2, 0) is 4.74 Å². The molecule has 0 rings (SSSR count). The predicted octanol–water partition coefficient (Wildman–Crippen LogP) is 2.39. The van der Waals surface area contributed by atoms with Crippen LogP contribution in [0.15, 0.2) is 0 Å². The fourth-order valence-electron chi connectivity index (χ4n) is 0.881. The van der Waals surface area contributed by atoms with Crippen molar-refractivity contribution in [1.29, 1.82) is 0 Å². The summed E-state index contributed by atoms with van der Waals surface area (Å²) in [4.78, 5) is 12.9. The lowest BCUT2D eigenvalue weighted by molar-refractivity contribution is 0.0990. The molecule has 2 unspecified atom stereocenters. The summed E-state index contributed by atoms with van der Waals surface area (Å²) in [6.45, 7) is 6.01. The first-order valence-corrected chi connectivity index (χ1v) is 5.35. The van der Waals surface area contributed by atoms with Gasteiger partial charge in [-0.2, -0.15) is 25.3 Å². The number of hydrogen-bond donors (Lipinski definition) is 2. The van der Waals surface area contributed by atoms with Gasteiger partial charge >= 0.3 is 6.09 Å². The smallest absolute Gasteiger partial charge is 0.411 e. The summed E-state index contributed by atoms with van der Waals surface area (Å²) in [5.41, 5.74) is 0. The Labute approximate surface area is 90.6 Å². The highest BCUT2D eigenvalue weighted by molar-refractivity contribution is 7.81. The van der Waals surface area contributed by atoms with E-state index < -0.39 is 0 Å². The maximum Gasteiger partial charge on any atom is 0.411 e. The molecule has 0 aliphatic rings. The Morgan fingerprint density at radius 3 is 2.15 bits per heavy atom. The molecule has 0 aliphatic carbocycles. The molecule has 0 aromatic carbocycles. The van der Waals surface area contributed by atoms with Crippen molar-refractivity contribution in [2.45, 2.75) is 37.9 Å². The molecule has 0 aromatic heterocycles. The monoisotopic (exact) mass is 223 g/mol. The lowest BCUT2D eigenvalue weighted by Gasteiger charge is -2.28. The molecular formula is C8H17NO2S2. The highest BCUT2D eigenvalue weighted by Gasteiger charge is 2.22. The maximum atomic E-state index is 11.4. The Kier molecular flexibility index (Phi) is 6.41. The number of rotatable bonds is 4. The number of hydrogen-bond acceptors (Lipinski definition) is 4. The van der Waals surface area contributed by atoms with Crippen LogP contribution in [-0.4, -0.2) is 28.3 Å². The molecule has 0 N–H and O–H groups in total. The van der Waals surface area contributed by atoms with Gasteiger partial charge in [0, 0.05) is 0 Å². The topological polar surface area (TPSA) is 29.5 Å². The van der Waals surface area contributed by atoms with Crippen molar-refractivity contribution >= 4 is 31.4 Å². The third kappa shape index (κ3) is 4.67. The van der Waals surface area contributed by atoms with Crippen molar-refractivity contribution in [3.63, 3.8) is 0 Å². The molecule has 0 bridgehead atoms. The Morgan fingerprint density at radius 2 is 1.85 bits per heavy atom. The van der Waals surface area contributed by atoms with Gasteiger partial charge in [-0.1, -0.05) is 6.92 Å². The second-order valence-electron chi connectivity index (χ2n) is 2.79. The summed E-state index contributed by atoms with van der Waals surface area (Å²) in [7, 11) is 0. The zero-order valence-electron chi connectivity index (χ0n) is 8.23. The summed E-state index contributed by atoms with van der Waals surface area (Å²) in [5.74, 6) is 0. The van der Waals surface area contributed by atoms with Crippen LogP contribution in [0.5, 0.6) is 0 Å². The third-order valence-corrected chi connectivity index (χ3v) is 1.94. The molecule has 0 saturated heterocycles. The minimum Gasteiger partial charge on any atom is -0.449 e. The fourth-order valence-corrected chi connectivity index (χ4v) is 1.57. The zero-order valence-corrected chi connectivity index (χ0v) is 10.0. The van der Waals surface area contributed by atoms with Gasteiger partial charge in [-0.05, 0) is 20.3 Å². The fraction of sp³-hybridized carbons (Fsp3) is 0.875. The summed E-state index contributed by atoms with van der Waals surface area (Å²) in [6, 6.07) is 0. The van der Waals surface area contributed by atoms with E-state index in [-0.39, 0.29) is 16.8 Å². The summed E-state index contributed by atoms with van der Waals surface area (Å²) in [6.07, 6.45) is 0.466. The van der Waals surface area contributed by atoms with E-state index in [0.29, 0.717) is 6.61 Å². The van der Waals surface area contributed by atoms with Crippen molar-refractivity contribution in [2.75, 3.05) is 6.61 Å². The van der Waals surface area contributed by atoms with Gasteiger partial charge in [0.25, 0.3) is 0 Å². The lowest BCUT2D eigenvalue weighted by Crippen LogP contribution is -2.40. The Morgan fingerprint density at radius 1 is 1.38 bits per heavy atom. The van der Waals surface area contributed by atoms with Gasteiger partial charge in [-0.15, -0.1) is 0 Å². The van der Waals surface area contributed by atoms with Crippen molar-refractivity contribution < 1.29 is 9.53 Å². The van der Waals surface area contributed by atoms with Crippen molar-refractivity contribution in [3.05, 3.63) is 0 Å². The van der Waals surface area contributed by atoms with Gasteiger partial charge in [0.15, 0.2) is 0 Å². The second kappa shape index (κ2) is 6.43. The predicted molar refractivity (Wildman–Crippen MR) is 60.4 cm³/mol. The Balaban J connectivity index is 4.13. The largest absolute Gasteiger partial charge is 0.449 e. The van der Waals surface area contributed by atoms with Crippen molar-refractivity contribution in [1.82, 2.24) is 4.90 Å². The van der Waals surface area contributed by atoms with Crippen LogP contribution in [0.2, 0.25) is 0 Å². The Hall–Kier alpha value is -0.0300. The molecular weight excluding hydrogens is 206 g/mol. The molecule has 2 atom stereocenters. The molecule has 1 amide bonds. The molecule has 0 radical (unpaired) electrons. The minimum absolute atomic E-state index is 0.183. The maximum absolute atomic E-state index is 11.4. The summed E-state index contributed by atoms with van der Waals surface area (Å²) in [5, 5.41) is -0.367. The van der Waals surface area contributed by atoms with Crippen LogP contribution in [0.25, 0.3) is 0 Å². The van der Waals surface area contributed by atoms with E-state index in [4.69, 9.17) is 4.74 Å². The van der Waals surface area contributed by atoms with Gasteiger partial charge in [-0.3, -0.25) is 4.90 Å². The number of amides is 1. The number of thiol groups is 2. The van der Waals surface area contributed by atoms with E-state index in [1.54, 1.807) is 0 Å². The summed E-state index contributed by atoms with van der Waals surface area (Å²) >= 11 is 8.34. The van der Waals surface area contributed by atoms with Crippen LogP contribution in [0.3, 0.4) is 0 Å². The summed E-state index contributed by atoms with van der Waals surface area (Å²) < 4.78 is 4.97. The number of ether oxygens (including phenoxy) is 1. The number of carbonyl (C=O) groups is 1. The highest BCUT2D eigenvalue weighted by atomic mass is 32.1. The molecule has 0 spiro atoms. The van der Waals surface area contributed by atoms with Gasteiger partial charge in [0.1, 0.15) is 0 Å². The van der Waals surface area contributed by atoms with Crippen molar-refractivity contribution in [2.24, 2.45) is 0 Å². The van der Waals surface area contributed by atoms with Gasteiger partial charge in [-0.25, -0.2) is 4.79 Å². The first kappa shape index (κ1) is 13.0. The minimum atomic E-state index is -0.355. The highest BCUT2D eigenvalue weighted by Crippen LogP contribution is 2.13. The van der Waals surface area contributed by atoms with E-state index in [1.165, 1.54) is 4.90 Å². The Bertz CT molecular complexity index is 154. The zero-order chi connectivity index (χ0) is 10.4. The van der Waals surface area contributed by atoms with E-state index >= 15 is 0 Å². The van der Waals surface area contributed by atoms with Crippen LogP contribution in [0.1, 0.15) is 27.2 Å². The van der Waals surface area contributed by atoms with E-state index in [1.807, 2.05) is 20.8 Å². The molecule has 13 heavy (non-hydrogen) atoms. The van der Waals surface area contributed by atoms with Crippen molar-refractivity contribution in [3.8, 4) is 0 Å². The second-order valence-corrected chi connectivity index (χ2v) is 4.28. The molecule has 0 fully saturated rings. The molecule has 3 nitrogen and oxygen atoms in total. The molecule has 0 saturated carbocycles. The molecule has 0 aromatic rings. The molecule has 0 heterocycles. The normalized spacial score (nSPS) is 14.8. The van der Waals surface area contributed by atoms with E-state index in [0.717, 1.165) is 6.42 Å². The van der Waals surface area contributed by atoms with Crippen LogP contribution < -0.4 is 0 Å². The number of carbonyl (C=O) groups excluding carboxylic acids is 1. The van der Waals surface area contributed by atoms with Crippen LogP contribution in [0.4, 0.5) is 4.79 Å². The number of nitrogens with zero attached hydrogens (tertiary/aromatic N) is 1. The third-order valence-electron chi connectivity index (χ3n) is 1.45. The van der Waals surface area contributed by atoms with E-state index in [9.17, 15) is 4.79 Å². The first-order chi connectivity index (χ1) is 6.00. The first-order valence-electron chi connectivity index (χ1n) is 4.32. The molecule has 78 valence electrons. The standard InChI is InChI=1S/C8H17NO2S2/c1-4-5-11-8(10)9(6(2)12)7(3)13/h6-7,12-13H,4-5H2,1-3H3. The lowest BCUT2D eigenvalue weighted by atomic mass is 10.5. The quantitative estimate of drug-likeness (QED) is 0.566.